The lowest BCUT2D eigenvalue weighted by Crippen LogP contribution is -2.15. The number of rotatable bonds is 7. The van der Waals surface area contributed by atoms with Crippen LogP contribution in [-0.2, 0) is 0 Å². The highest BCUT2D eigenvalue weighted by molar-refractivity contribution is 5.48. The number of H-pyrrole nitrogens is 2. The van der Waals surface area contributed by atoms with E-state index in [1.54, 1.807) is 0 Å². The van der Waals surface area contributed by atoms with E-state index in [1.165, 1.54) is 36.8 Å². The van der Waals surface area contributed by atoms with E-state index in [0.29, 0.717) is 0 Å². The number of aromatic nitrogens is 4. The molecule has 2 heterocycles. The summed E-state index contributed by atoms with van der Waals surface area (Å²) in [6.07, 6.45) is 9.22. The normalized spacial score (nSPS) is 18.2. The molecule has 2 saturated carbocycles. The number of nitrogens with one attached hydrogen (secondary N) is 4. The summed E-state index contributed by atoms with van der Waals surface area (Å²) in [5.74, 6) is 3.46. The van der Waals surface area contributed by atoms with Crippen molar-refractivity contribution in [2.24, 2.45) is 0 Å². The van der Waals surface area contributed by atoms with E-state index in [-0.39, 0.29) is 0 Å². The summed E-state index contributed by atoms with van der Waals surface area (Å²) in [4.78, 5) is 0. The zero-order chi connectivity index (χ0) is 13.4. The van der Waals surface area contributed by atoms with Crippen molar-refractivity contribution in [2.75, 3.05) is 23.7 Å². The third-order valence-electron chi connectivity index (χ3n) is 4.08. The molecule has 6 nitrogen and oxygen atoms in total. The van der Waals surface area contributed by atoms with Crippen LogP contribution in [0.1, 0.15) is 48.6 Å². The fourth-order valence-electron chi connectivity index (χ4n) is 2.65. The first-order valence-electron chi connectivity index (χ1n) is 7.47. The van der Waals surface area contributed by atoms with E-state index in [0.717, 1.165) is 36.6 Å². The van der Waals surface area contributed by atoms with Crippen LogP contribution in [-0.4, -0.2) is 33.5 Å². The Labute approximate surface area is 117 Å². The largest absolute Gasteiger partial charge is 0.367 e. The minimum atomic E-state index is 0.719. The second-order valence-corrected chi connectivity index (χ2v) is 5.78. The molecule has 0 radical (unpaired) electrons. The van der Waals surface area contributed by atoms with Crippen LogP contribution in [0.15, 0.2) is 12.4 Å². The van der Waals surface area contributed by atoms with Crippen molar-refractivity contribution in [1.82, 2.24) is 20.4 Å². The molecule has 0 aliphatic heterocycles. The maximum atomic E-state index is 4.28. The Balaban J connectivity index is 1.28. The molecule has 6 heteroatoms. The topological polar surface area (TPSA) is 81.4 Å². The summed E-state index contributed by atoms with van der Waals surface area (Å²) in [5, 5.41) is 21.3. The Bertz CT molecular complexity index is 526. The predicted octanol–water partition coefficient (Wildman–Crippen LogP) is 2.41. The highest BCUT2D eigenvalue weighted by Gasteiger charge is 2.28. The molecule has 2 fully saturated rings. The van der Waals surface area contributed by atoms with Gasteiger partial charge in [0, 0.05) is 36.6 Å². The van der Waals surface area contributed by atoms with Gasteiger partial charge in [0.15, 0.2) is 11.6 Å². The van der Waals surface area contributed by atoms with Gasteiger partial charge >= 0.3 is 0 Å². The Morgan fingerprint density at radius 1 is 0.850 bits per heavy atom. The molecular formula is C14H20N6. The summed E-state index contributed by atoms with van der Waals surface area (Å²) in [6, 6.07) is 0. The van der Waals surface area contributed by atoms with Gasteiger partial charge in [0.2, 0.25) is 0 Å². The van der Waals surface area contributed by atoms with Gasteiger partial charge in [0.05, 0.1) is 0 Å². The van der Waals surface area contributed by atoms with Crippen LogP contribution in [0.3, 0.4) is 0 Å². The molecule has 20 heavy (non-hydrogen) atoms. The third kappa shape index (κ3) is 2.37. The van der Waals surface area contributed by atoms with Crippen molar-refractivity contribution in [1.29, 1.82) is 0 Å². The van der Waals surface area contributed by atoms with E-state index in [1.807, 2.05) is 12.4 Å². The first kappa shape index (κ1) is 11.8. The van der Waals surface area contributed by atoms with E-state index in [9.17, 15) is 0 Å². The fourth-order valence-corrected chi connectivity index (χ4v) is 2.65. The summed E-state index contributed by atoms with van der Waals surface area (Å²) in [6.45, 7) is 1.70. The quantitative estimate of drug-likeness (QED) is 0.583. The number of aromatic amines is 2. The first-order valence-corrected chi connectivity index (χ1v) is 7.47. The SMILES string of the molecule is c1[nH]nc(NCCNc2n[nH]cc2C2CC2)c1C1CC1. The maximum Gasteiger partial charge on any atom is 0.151 e. The molecule has 2 aliphatic rings. The van der Waals surface area contributed by atoms with E-state index in [4.69, 9.17) is 0 Å². The van der Waals surface area contributed by atoms with Gasteiger partial charge in [-0.15, -0.1) is 0 Å². The summed E-state index contributed by atoms with van der Waals surface area (Å²) >= 11 is 0. The van der Waals surface area contributed by atoms with Crippen LogP contribution in [0.4, 0.5) is 11.6 Å². The lowest BCUT2D eigenvalue weighted by atomic mass is 10.2. The van der Waals surface area contributed by atoms with Crippen molar-refractivity contribution in [3.8, 4) is 0 Å². The Kier molecular flexibility index (Phi) is 2.86. The maximum absolute atomic E-state index is 4.28. The summed E-state index contributed by atoms with van der Waals surface area (Å²) < 4.78 is 0. The van der Waals surface area contributed by atoms with E-state index in [2.05, 4.69) is 31.0 Å². The molecule has 2 aromatic rings. The van der Waals surface area contributed by atoms with Gasteiger partial charge in [-0.05, 0) is 37.5 Å². The molecule has 2 aliphatic carbocycles. The van der Waals surface area contributed by atoms with Crippen LogP contribution in [0.5, 0.6) is 0 Å². The van der Waals surface area contributed by atoms with Crippen molar-refractivity contribution >= 4 is 11.6 Å². The molecule has 0 unspecified atom stereocenters. The standard InChI is InChI=1S/C14H20N6/c1-2-9(1)11-7-17-19-13(11)15-5-6-16-14-12(8-18-20-14)10-3-4-10/h7-10H,1-6H2,(H2,15,17,19)(H2,16,18,20). The van der Waals surface area contributed by atoms with Crippen LogP contribution in [0.2, 0.25) is 0 Å². The lowest BCUT2D eigenvalue weighted by Gasteiger charge is -2.07. The highest BCUT2D eigenvalue weighted by atomic mass is 15.2. The molecule has 4 N–H and O–H groups in total. The average molecular weight is 272 g/mol. The molecule has 0 bridgehead atoms. The molecule has 2 aromatic heterocycles. The third-order valence-corrected chi connectivity index (χ3v) is 4.08. The predicted molar refractivity (Wildman–Crippen MR) is 78.1 cm³/mol. The number of nitrogens with zero attached hydrogens (tertiary/aromatic N) is 2. The van der Waals surface area contributed by atoms with Crippen LogP contribution in [0, 0.1) is 0 Å². The first-order chi connectivity index (χ1) is 9.92. The van der Waals surface area contributed by atoms with Gasteiger partial charge in [0.1, 0.15) is 0 Å². The molecule has 0 saturated heterocycles. The average Bonchev–Trinajstić information content (AvgIpc) is 3.39. The van der Waals surface area contributed by atoms with Crippen LogP contribution >= 0.6 is 0 Å². The number of anilines is 2. The van der Waals surface area contributed by atoms with Crippen molar-refractivity contribution in [2.45, 2.75) is 37.5 Å². The highest BCUT2D eigenvalue weighted by Crippen LogP contribution is 2.43. The summed E-state index contributed by atoms with van der Waals surface area (Å²) in [7, 11) is 0. The lowest BCUT2D eigenvalue weighted by molar-refractivity contribution is 0.999. The second kappa shape index (κ2) is 4.85. The Morgan fingerprint density at radius 3 is 1.70 bits per heavy atom. The van der Waals surface area contributed by atoms with Crippen LogP contribution in [0.25, 0.3) is 0 Å². The van der Waals surface area contributed by atoms with Gasteiger partial charge in [0.25, 0.3) is 0 Å². The number of hydrogen-bond acceptors (Lipinski definition) is 4. The van der Waals surface area contributed by atoms with E-state index >= 15 is 0 Å². The summed E-state index contributed by atoms with van der Waals surface area (Å²) in [5.41, 5.74) is 2.67. The monoisotopic (exact) mass is 272 g/mol. The molecule has 0 atom stereocenters. The molecule has 0 amide bonds. The molecule has 0 spiro atoms. The van der Waals surface area contributed by atoms with Gasteiger partial charge in [-0.2, -0.15) is 10.2 Å². The van der Waals surface area contributed by atoms with Gasteiger partial charge in [-0.25, -0.2) is 0 Å². The molecular weight excluding hydrogens is 252 g/mol. The number of hydrogen-bond donors (Lipinski definition) is 4. The minimum Gasteiger partial charge on any atom is -0.367 e. The zero-order valence-electron chi connectivity index (χ0n) is 11.4. The van der Waals surface area contributed by atoms with Crippen molar-refractivity contribution in [3.63, 3.8) is 0 Å². The molecule has 4 rings (SSSR count). The van der Waals surface area contributed by atoms with Gasteiger partial charge in [-0.1, -0.05) is 0 Å². The van der Waals surface area contributed by atoms with Gasteiger partial charge in [-0.3, -0.25) is 10.2 Å². The smallest absolute Gasteiger partial charge is 0.151 e. The Morgan fingerprint density at radius 2 is 1.30 bits per heavy atom. The van der Waals surface area contributed by atoms with Crippen LogP contribution < -0.4 is 10.6 Å². The van der Waals surface area contributed by atoms with Crippen molar-refractivity contribution in [3.05, 3.63) is 23.5 Å². The van der Waals surface area contributed by atoms with E-state index < -0.39 is 0 Å². The fraction of sp³-hybridized carbons (Fsp3) is 0.571. The molecule has 106 valence electrons. The molecule has 0 aromatic carbocycles. The minimum absolute atomic E-state index is 0.719. The van der Waals surface area contributed by atoms with Gasteiger partial charge < -0.3 is 10.6 Å². The Hall–Kier alpha value is -1.98. The second-order valence-electron chi connectivity index (χ2n) is 5.78. The zero-order valence-corrected chi connectivity index (χ0v) is 11.4. The van der Waals surface area contributed by atoms with Crippen molar-refractivity contribution < 1.29 is 0 Å².